The highest BCUT2D eigenvalue weighted by atomic mass is 16.6. The van der Waals surface area contributed by atoms with Gasteiger partial charge in [0.1, 0.15) is 5.60 Å². The highest BCUT2D eigenvalue weighted by Gasteiger charge is 2.22. The van der Waals surface area contributed by atoms with E-state index < -0.39 is 11.7 Å². The van der Waals surface area contributed by atoms with Gasteiger partial charge < -0.3 is 15.4 Å². The molecule has 3 rings (SSSR count). The molecule has 2 N–H and O–H groups in total. The highest BCUT2D eigenvalue weighted by Crippen LogP contribution is 2.31. The van der Waals surface area contributed by atoms with Gasteiger partial charge in [-0.05, 0) is 38.8 Å². The molecule has 1 aromatic carbocycles. The van der Waals surface area contributed by atoms with E-state index in [4.69, 9.17) is 4.74 Å². The van der Waals surface area contributed by atoms with Crippen LogP contribution < -0.4 is 10.6 Å². The van der Waals surface area contributed by atoms with Gasteiger partial charge in [-0.25, -0.2) is 4.79 Å². The van der Waals surface area contributed by atoms with Crippen LogP contribution in [0.15, 0.2) is 42.6 Å². The Kier molecular flexibility index (Phi) is 5.77. The average molecular weight is 396 g/mol. The molecule has 0 spiro atoms. The van der Waals surface area contributed by atoms with E-state index in [2.05, 4.69) is 15.7 Å². The second-order valence-electron chi connectivity index (χ2n) is 8.30. The molecule has 0 aliphatic carbocycles. The minimum absolute atomic E-state index is 0.108. The summed E-state index contributed by atoms with van der Waals surface area (Å²) in [5, 5.41) is 10.2. The van der Waals surface area contributed by atoms with E-state index in [0.29, 0.717) is 12.1 Å². The maximum atomic E-state index is 12.6. The van der Waals surface area contributed by atoms with E-state index in [1.165, 1.54) is 0 Å². The summed E-state index contributed by atoms with van der Waals surface area (Å²) in [4.78, 5) is 24.9. The smallest absolute Gasteiger partial charge is 0.408 e. The number of aromatic nitrogens is 2. The number of nitrogens with zero attached hydrogens (tertiary/aromatic N) is 2. The van der Waals surface area contributed by atoms with E-state index in [-0.39, 0.29) is 17.9 Å². The lowest BCUT2D eigenvalue weighted by Crippen LogP contribution is -2.35. The number of anilines is 1. The number of amides is 2. The maximum absolute atomic E-state index is 12.6. The van der Waals surface area contributed by atoms with E-state index in [9.17, 15) is 9.59 Å². The molecule has 2 bridgehead atoms. The Morgan fingerprint density at radius 2 is 2.10 bits per heavy atom. The predicted molar refractivity (Wildman–Crippen MR) is 112 cm³/mol. The van der Waals surface area contributed by atoms with Crippen molar-refractivity contribution in [3.63, 3.8) is 0 Å². The third-order valence-corrected chi connectivity index (χ3v) is 4.66. The lowest BCUT2D eigenvalue weighted by molar-refractivity contribution is -0.118. The molecule has 7 heteroatoms. The number of aryl methyl sites for hydroxylation is 1. The van der Waals surface area contributed by atoms with Crippen LogP contribution in [0.4, 0.5) is 10.5 Å². The van der Waals surface area contributed by atoms with Gasteiger partial charge in [0.25, 0.3) is 0 Å². The van der Waals surface area contributed by atoms with E-state index in [1.54, 1.807) is 10.9 Å². The molecule has 2 atom stereocenters. The fourth-order valence-electron chi connectivity index (χ4n) is 3.25. The van der Waals surface area contributed by atoms with Crippen molar-refractivity contribution in [3.05, 3.63) is 48.2 Å². The Morgan fingerprint density at radius 1 is 1.34 bits per heavy atom. The van der Waals surface area contributed by atoms with Gasteiger partial charge >= 0.3 is 6.09 Å². The average Bonchev–Trinajstić information content (AvgIpc) is 2.98. The number of hydrogen-bond acceptors (Lipinski definition) is 4. The number of fused-ring (bicyclic) bond motifs is 4. The van der Waals surface area contributed by atoms with Crippen molar-refractivity contribution in [3.8, 4) is 11.3 Å². The van der Waals surface area contributed by atoms with Crippen molar-refractivity contribution in [2.24, 2.45) is 13.0 Å². The molecular formula is C22H28N4O3. The van der Waals surface area contributed by atoms with E-state index in [0.717, 1.165) is 16.8 Å². The summed E-state index contributed by atoms with van der Waals surface area (Å²) < 4.78 is 7.17. The number of nitrogens with one attached hydrogen (secondary N) is 2. The van der Waals surface area contributed by atoms with Gasteiger partial charge in [0, 0.05) is 12.6 Å². The third-order valence-electron chi connectivity index (χ3n) is 4.66. The van der Waals surface area contributed by atoms with Gasteiger partial charge in [0.2, 0.25) is 5.91 Å². The lowest BCUT2D eigenvalue weighted by Gasteiger charge is -2.24. The molecule has 154 valence electrons. The predicted octanol–water partition coefficient (Wildman–Crippen LogP) is 4.19. The molecule has 0 unspecified atom stereocenters. The molecule has 0 fully saturated rings. The number of benzene rings is 1. The van der Waals surface area contributed by atoms with Gasteiger partial charge in [0.15, 0.2) is 0 Å². The molecule has 2 heterocycles. The molecule has 0 saturated heterocycles. The third kappa shape index (κ3) is 5.04. The minimum atomic E-state index is -0.580. The normalized spacial score (nSPS) is 20.5. The van der Waals surface area contributed by atoms with Crippen LogP contribution in [0.5, 0.6) is 0 Å². The summed E-state index contributed by atoms with van der Waals surface area (Å²) in [5.74, 6) is -0.424. The molecule has 0 radical (unpaired) electrons. The van der Waals surface area contributed by atoms with Gasteiger partial charge in [-0.15, -0.1) is 0 Å². The van der Waals surface area contributed by atoms with Crippen LogP contribution in [0.2, 0.25) is 0 Å². The summed E-state index contributed by atoms with van der Waals surface area (Å²) in [7, 11) is 1.84. The number of carbonyl (C=O) groups is 2. The van der Waals surface area contributed by atoms with Crippen molar-refractivity contribution < 1.29 is 14.3 Å². The molecular weight excluding hydrogens is 368 g/mol. The largest absolute Gasteiger partial charge is 0.444 e. The summed E-state index contributed by atoms with van der Waals surface area (Å²) in [5.41, 5.74) is 2.75. The Bertz CT molecular complexity index is 940. The van der Waals surface area contributed by atoms with Crippen molar-refractivity contribution in [2.45, 2.75) is 45.8 Å². The number of rotatable bonds is 1. The minimum Gasteiger partial charge on any atom is -0.444 e. The summed E-state index contributed by atoms with van der Waals surface area (Å²) >= 11 is 0. The van der Waals surface area contributed by atoms with Crippen LogP contribution >= 0.6 is 0 Å². The van der Waals surface area contributed by atoms with E-state index >= 15 is 0 Å². The Labute approximate surface area is 171 Å². The number of alkyl carbamates (subject to hydrolysis) is 1. The molecule has 29 heavy (non-hydrogen) atoms. The number of carbonyl (C=O) groups excluding carboxylic acids is 2. The van der Waals surface area contributed by atoms with Crippen LogP contribution in [0.25, 0.3) is 11.3 Å². The van der Waals surface area contributed by atoms with Gasteiger partial charge in [-0.2, -0.15) is 5.10 Å². The SMILES string of the molecule is C[C@@H]1/C=C\C[C@H](NC(=O)OC(C)(C)C)c2cccc(c2)-c2c(cnn2C)NC1=O. The maximum Gasteiger partial charge on any atom is 0.408 e. The highest BCUT2D eigenvalue weighted by molar-refractivity contribution is 5.96. The molecule has 2 aromatic rings. The first kappa shape index (κ1) is 20.6. The topological polar surface area (TPSA) is 85.2 Å². The fourth-order valence-corrected chi connectivity index (χ4v) is 3.25. The van der Waals surface area contributed by atoms with Crippen LogP contribution in [0.3, 0.4) is 0 Å². The molecule has 1 aliphatic heterocycles. The van der Waals surface area contributed by atoms with Crippen molar-refractivity contribution in [1.29, 1.82) is 0 Å². The standard InChI is InChI=1S/C22H28N4O3/c1-14-8-6-11-17(25-21(28)29-22(2,3)4)15-9-7-10-16(12-15)19-18(24-20(14)27)13-23-26(19)5/h6-10,12-14,17H,11H2,1-5H3,(H,24,27)(H,25,28)/b8-6-/t14-,17+/m1/s1. The Hall–Kier alpha value is -3.09. The molecule has 0 saturated carbocycles. The fraction of sp³-hybridized carbons (Fsp3) is 0.409. The van der Waals surface area contributed by atoms with Crippen LogP contribution in [0, 0.1) is 5.92 Å². The molecule has 7 nitrogen and oxygen atoms in total. The second-order valence-corrected chi connectivity index (χ2v) is 8.30. The van der Waals surface area contributed by atoms with Crippen LogP contribution in [0.1, 0.15) is 45.7 Å². The van der Waals surface area contributed by atoms with Crippen molar-refractivity contribution in [2.75, 3.05) is 5.32 Å². The monoisotopic (exact) mass is 396 g/mol. The first-order valence-corrected chi connectivity index (χ1v) is 9.73. The molecule has 1 aromatic heterocycles. The zero-order valence-electron chi connectivity index (χ0n) is 17.5. The number of hydrogen-bond donors (Lipinski definition) is 2. The quantitative estimate of drug-likeness (QED) is 0.708. The van der Waals surface area contributed by atoms with Crippen LogP contribution in [-0.2, 0) is 16.6 Å². The first-order chi connectivity index (χ1) is 13.6. The zero-order valence-corrected chi connectivity index (χ0v) is 17.5. The van der Waals surface area contributed by atoms with Gasteiger partial charge in [0.05, 0.1) is 29.5 Å². The lowest BCUT2D eigenvalue weighted by atomic mass is 9.98. The summed E-state index contributed by atoms with van der Waals surface area (Å²) in [6.07, 6.45) is 5.49. The zero-order chi connectivity index (χ0) is 21.2. The molecule has 2 amide bonds. The number of ether oxygens (including phenoxy) is 1. The Morgan fingerprint density at radius 3 is 2.83 bits per heavy atom. The van der Waals surface area contributed by atoms with Crippen LogP contribution in [-0.4, -0.2) is 27.4 Å². The molecule has 1 aliphatic rings. The van der Waals surface area contributed by atoms with Crippen molar-refractivity contribution >= 4 is 17.7 Å². The van der Waals surface area contributed by atoms with Gasteiger partial charge in [-0.3, -0.25) is 9.48 Å². The second kappa shape index (κ2) is 8.11. The van der Waals surface area contributed by atoms with Crippen molar-refractivity contribution in [1.82, 2.24) is 15.1 Å². The summed E-state index contributed by atoms with van der Waals surface area (Å²) in [6, 6.07) is 7.60. The Balaban J connectivity index is 2.02. The summed E-state index contributed by atoms with van der Waals surface area (Å²) in [6.45, 7) is 7.33. The van der Waals surface area contributed by atoms with E-state index in [1.807, 2.05) is 71.2 Å². The first-order valence-electron chi connectivity index (χ1n) is 9.73. The van der Waals surface area contributed by atoms with Gasteiger partial charge in [-0.1, -0.05) is 37.3 Å².